The smallest absolute Gasteiger partial charge is 0.192 e. The summed E-state index contributed by atoms with van der Waals surface area (Å²) >= 11 is 0. The topological polar surface area (TPSA) is 21.8 Å². The molecule has 0 aromatic rings. The van der Waals surface area contributed by atoms with E-state index >= 15 is 0 Å². The van der Waals surface area contributed by atoms with Crippen LogP contribution in [0.1, 0.15) is 111 Å². The summed E-state index contributed by atoms with van der Waals surface area (Å²) in [5, 5.41) is 0.298. The molecule has 0 aromatic carbocycles. The molecule has 156 valence electrons. The Morgan fingerprint density at radius 3 is 1.77 bits per heavy atom. The summed E-state index contributed by atoms with van der Waals surface area (Å²) < 4.78 is 12.2. The highest BCUT2D eigenvalue weighted by molar-refractivity contribution is 6.74. The minimum absolute atomic E-state index is 0.298. The van der Waals surface area contributed by atoms with Crippen LogP contribution >= 0.6 is 0 Å². The Morgan fingerprint density at radius 1 is 0.885 bits per heavy atom. The summed E-state index contributed by atoms with van der Waals surface area (Å²) in [6, 6.07) is 0. The number of unbranched alkanes of at least 4 members (excludes halogenated alkanes) is 10. The third-order valence-corrected chi connectivity index (χ3v) is 10.9. The van der Waals surface area contributed by atoms with E-state index in [0.717, 1.165) is 13.0 Å². The SMILES string of the molecule is CCCCCCCCCCCCC[C@H](C[C@@H]1CO1)O[Si](C)(C)C(C)(C)C. The first-order valence-electron chi connectivity index (χ1n) is 11.6. The van der Waals surface area contributed by atoms with Crippen molar-refractivity contribution in [1.29, 1.82) is 0 Å². The lowest BCUT2D eigenvalue weighted by Gasteiger charge is -2.39. The summed E-state index contributed by atoms with van der Waals surface area (Å²) in [7, 11) is -1.66. The lowest BCUT2D eigenvalue weighted by atomic mass is 10.0. The summed E-state index contributed by atoms with van der Waals surface area (Å²) in [6.07, 6.45) is 18.8. The van der Waals surface area contributed by atoms with Crippen molar-refractivity contribution in [2.45, 2.75) is 142 Å². The minimum Gasteiger partial charge on any atom is -0.414 e. The molecule has 26 heavy (non-hydrogen) atoms. The zero-order valence-electron chi connectivity index (χ0n) is 18.9. The van der Waals surface area contributed by atoms with Crippen LogP contribution in [0.5, 0.6) is 0 Å². The van der Waals surface area contributed by atoms with Crippen LogP contribution in [0.2, 0.25) is 18.1 Å². The average Bonchev–Trinajstić information content (AvgIpc) is 3.35. The van der Waals surface area contributed by atoms with E-state index in [4.69, 9.17) is 9.16 Å². The standard InChI is InChI=1S/C23H48O2Si/c1-7-8-9-10-11-12-13-14-15-16-17-18-21(19-22-20-24-22)25-26(5,6)23(2,3)4/h21-22H,7-20H2,1-6H3/t21-,22-/m1/s1. The fourth-order valence-corrected chi connectivity index (χ4v) is 4.75. The molecular weight excluding hydrogens is 336 g/mol. The van der Waals surface area contributed by atoms with Crippen LogP contribution in [0.4, 0.5) is 0 Å². The molecule has 1 aliphatic heterocycles. The van der Waals surface area contributed by atoms with Gasteiger partial charge in [-0.1, -0.05) is 98.3 Å². The van der Waals surface area contributed by atoms with Gasteiger partial charge in [0.25, 0.3) is 0 Å². The van der Waals surface area contributed by atoms with Crippen molar-refractivity contribution in [2.24, 2.45) is 0 Å². The van der Waals surface area contributed by atoms with Gasteiger partial charge in [0.1, 0.15) is 0 Å². The normalized spacial score (nSPS) is 18.9. The zero-order valence-corrected chi connectivity index (χ0v) is 19.9. The summed E-state index contributed by atoms with van der Waals surface area (Å²) in [5.41, 5.74) is 0. The lowest BCUT2D eigenvalue weighted by Crippen LogP contribution is -2.44. The van der Waals surface area contributed by atoms with Crippen molar-refractivity contribution in [3.63, 3.8) is 0 Å². The van der Waals surface area contributed by atoms with E-state index in [-0.39, 0.29) is 0 Å². The quantitative estimate of drug-likeness (QED) is 0.153. The molecule has 0 aliphatic carbocycles. The molecule has 0 spiro atoms. The maximum absolute atomic E-state index is 6.70. The first-order valence-corrected chi connectivity index (χ1v) is 14.5. The highest BCUT2D eigenvalue weighted by Crippen LogP contribution is 2.38. The fraction of sp³-hybridized carbons (Fsp3) is 1.00. The molecule has 0 amide bonds. The summed E-state index contributed by atoms with van der Waals surface area (Å²) in [4.78, 5) is 0. The van der Waals surface area contributed by atoms with E-state index in [1.54, 1.807) is 0 Å². The molecule has 1 heterocycles. The Kier molecular flexibility index (Phi) is 11.7. The van der Waals surface area contributed by atoms with E-state index in [2.05, 4.69) is 40.8 Å². The molecule has 0 unspecified atom stereocenters. The highest BCUT2D eigenvalue weighted by Gasteiger charge is 2.40. The molecule has 0 bridgehead atoms. The van der Waals surface area contributed by atoms with Crippen LogP contribution < -0.4 is 0 Å². The highest BCUT2D eigenvalue weighted by atomic mass is 28.4. The maximum atomic E-state index is 6.70. The number of hydrogen-bond acceptors (Lipinski definition) is 2. The van der Waals surface area contributed by atoms with E-state index in [1.807, 2.05) is 0 Å². The van der Waals surface area contributed by atoms with Crippen molar-refractivity contribution in [2.75, 3.05) is 6.61 Å². The molecule has 1 fully saturated rings. The van der Waals surface area contributed by atoms with Gasteiger partial charge < -0.3 is 9.16 Å². The van der Waals surface area contributed by atoms with Crippen LogP contribution in [0.25, 0.3) is 0 Å². The van der Waals surface area contributed by atoms with Gasteiger partial charge in [-0.05, 0) is 24.6 Å². The van der Waals surface area contributed by atoms with Gasteiger partial charge in [-0.2, -0.15) is 0 Å². The Balaban J connectivity index is 2.11. The first-order chi connectivity index (χ1) is 12.3. The van der Waals surface area contributed by atoms with E-state index < -0.39 is 8.32 Å². The monoisotopic (exact) mass is 384 g/mol. The van der Waals surface area contributed by atoms with Gasteiger partial charge in [0.2, 0.25) is 0 Å². The average molecular weight is 385 g/mol. The first kappa shape index (κ1) is 24.2. The molecule has 1 saturated heterocycles. The van der Waals surface area contributed by atoms with Crippen molar-refractivity contribution in [1.82, 2.24) is 0 Å². The van der Waals surface area contributed by atoms with Crippen molar-refractivity contribution < 1.29 is 9.16 Å². The van der Waals surface area contributed by atoms with Gasteiger partial charge in [-0.3, -0.25) is 0 Å². The third kappa shape index (κ3) is 11.1. The predicted octanol–water partition coefficient (Wildman–Crippen LogP) is 7.87. The Morgan fingerprint density at radius 2 is 1.35 bits per heavy atom. The van der Waals surface area contributed by atoms with Gasteiger partial charge in [0.05, 0.1) is 12.7 Å². The molecule has 2 atom stereocenters. The van der Waals surface area contributed by atoms with Gasteiger partial charge in [0, 0.05) is 12.5 Å². The van der Waals surface area contributed by atoms with Crippen molar-refractivity contribution in [3.05, 3.63) is 0 Å². The predicted molar refractivity (Wildman–Crippen MR) is 118 cm³/mol. The molecular formula is C23H48O2Si. The minimum atomic E-state index is -1.66. The van der Waals surface area contributed by atoms with Crippen LogP contribution in [-0.4, -0.2) is 27.1 Å². The van der Waals surface area contributed by atoms with E-state index in [0.29, 0.717) is 17.2 Å². The van der Waals surface area contributed by atoms with E-state index in [1.165, 1.54) is 77.0 Å². The number of ether oxygens (including phenoxy) is 1. The molecule has 0 aromatic heterocycles. The van der Waals surface area contributed by atoms with E-state index in [9.17, 15) is 0 Å². The van der Waals surface area contributed by atoms with Crippen molar-refractivity contribution in [3.8, 4) is 0 Å². The summed E-state index contributed by atoms with van der Waals surface area (Å²) in [5.74, 6) is 0. The van der Waals surface area contributed by atoms with Crippen LogP contribution in [0.15, 0.2) is 0 Å². The molecule has 1 aliphatic rings. The molecule has 0 radical (unpaired) electrons. The van der Waals surface area contributed by atoms with Gasteiger partial charge >= 0.3 is 0 Å². The number of rotatable bonds is 16. The van der Waals surface area contributed by atoms with Gasteiger partial charge in [0.15, 0.2) is 8.32 Å². The summed E-state index contributed by atoms with van der Waals surface area (Å²) in [6.45, 7) is 15.0. The Hall–Kier alpha value is 0.137. The molecule has 3 heteroatoms. The Bertz CT molecular complexity index is 345. The van der Waals surface area contributed by atoms with Crippen LogP contribution in [0.3, 0.4) is 0 Å². The van der Waals surface area contributed by atoms with Crippen molar-refractivity contribution >= 4 is 8.32 Å². The second kappa shape index (κ2) is 12.6. The molecule has 1 rings (SSSR count). The van der Waals surface area contributed by atoms with Crippen LogP contribution in [-0.2, 0) is 9.16 Å². The third-order valence-electron chi connectivity index (χ3n) is 6.33. The van der Waals surface area contributed by atoms with Gasteiger partial charge in [-0.15, -0.1) is 0 Å². The zero-order chi connectivity index (χ0) is 19.5. The van der Waals surface area contributed by atoms with Gasteiger partial charge in [-0.25, -0.2) is 0 Å². The number of epoxide rings is 1. The fourth-order valence-electron chi connectivity index (χ4n) is 3.35. The molecule has 0 N–H and O–H groups in total. The maximum Gasteiger partial charge on any atom is 0.192 e. The molecule has 0 saturated carbocycles. The van der Waals surface area contributed by atoms with Crippen LogP contribution in [0, 0.1) is 0 Å². The molecule has 2 nitrogen and oxygen atoms in total. The largest absolute Gasteiger partial charge is 0.414 e. The second-order valence-corrected chi connectivity index (χ2v) is 14.8. The second-order valence-electron chi connectivity index (χ2n) is 10.0. The lowest BCUT2D eigenvalue weighted by molar-refractivity contribution is 0.146. The Labute approximate surface area is 165 Å². The number of hydrogen-bond donors (Lipinski definition) is 0.